The summed E-state index contributed by atoms with van der Waals surface area (Å²) in [6.07, 6.45) is -0.857. The van der Waals surface area contributed by atoms with E-state index in [0.717, 1.165) is 16.8 Å². The van der Waals surface area contributed by atoms with E-state index < -0.39 is 18.1 Å². The Kier molecular flexibility index (Phi) is 5.09. The number of carbonyl (C=O) groups excluding carboxylic acids is 2. The normalized spacial score (nSPS) is 22.7. The van der Waals surface area contributed by atoms with E-state index >= 15 is 0 Å². The van der Waals surface area contributed by atoms with Crippen molar-refractivity contribution < 1.29 is 14.4 Å². The fourth-order valence-corrected chi connectivity index (χ4v) is 4.78. The molecule has 5 heteroatoms. The predicted octanol–water partition coefficient (Wildman–Crippen LogP) is 5.34. The van der Waals surface area contributed by atoms with Crippen molar-refractivity contribution in [3.63, 3.8) is 0 Å². The summed E-state index contributed by atoms with van der Waals surface area (Å²) in [6, 6.07) is 25.0. The van der Waals surface area contributed by atoms with E-state index in [-0.39, 0.29) is 17.2 Å². The summed E-state index contributed by atoms with van der Waals surface area (Å²) in [5.74, 6) is -1.16. The molecule has 5 rings (SSSR count). The number of carbonyl (C=O) groups is 2. The van der Waals surface area contributed by atoms with Gasteiger partial charge in [-0.15, -0.1) is 0 Å². The van der Waals surface area contributed by atoms with Crippen LogP contribution in [-0.2, 0) is 19.8 Å². The zero-order chi connectivity index (χ0) is 23.3. The third-order valence-electron chi connectivity index (χ3n) is 6.60. The van der Waals surface area contributed by atoms with Gasteiger partial charge in [0.25, 0.3) is 5.91 Å². The molecule has 33 heavy (non-hydrogen) atoms. The number of aryl methyl sites for hydroxylation is 1. The molecule has 0 spiro atoms. The molecule has 2 saturated heterocycles. The van der Waals surface area contributed by atoms with Gasteiger partial charge in [-0.2, -0.15) is 0 Å². The number of para-hydroxylation sites is 2. The van der Waals surface area contributed by atoms with Crippen LogP contribution in [0.2, 0.25) is 0 Å². The lowest BCUT2D eigenvalue weighted by atomic mass is 9.84. The Balaban J connectivity index is 1.58. The van der Waals surface area contributed by atoms with Gasteiger partial charge in [0.1, 0.15) is 5.92 Å². The molecular formula is C28H28N2O3. The van der Waals surface area contributed by atoms with Gasteiger partial charge in [-0.05, 0) is 47.2 Å². The van der Waals surface area contributed by atoms with Gasteiger partial charge in [0.05, 0.1) is 17.4 Å². The van der Waals surface area contributed by atoms with Crippen LogP contribution in [0.1, 0.15) is 43.5 Å². The second kappa shape index (κ2) is 7.85. The number of benzene rings is 3. The van der Waals surface area contributed by atoms with Gasteiger partial charge < -0.3 is 0 Å². The van der Waals surface area contributed by atoms with Crippen molar-refractivity contribution in [1.29, 1.82) is 0 Å². The minimum absolute atomic E-state index is 0.0210. The second-order valence-electron chi connectivity index (χ2n) is 9.83. The van der Waals surface area contributed by atoms with Crippen LogP contribution in [0, 0.1) is 12.8 Å². The minimum atomic E-state index is -0.857. The quantitative estimate of drug-likeness (QED) is 0.516. The average molecular weight is 441 g/mol. The molecule has 0 bridgehead atoms. The van der Waals surface area contributed by atoms with E-state index in [1.807, 2.05) is 61.5 Å². The Labute approximate surface area is 194 Å². The molecule has 2 amide bonds. The van der Waals surface area contributed by atoms with E-state index in [9.17, 15) is 9.59 Å². The highest BCUT2D eigenvalue weighted by molar-refractivity contribution is 6.24. The van der Waals surface area contributed by atoms with Crippen molar-refractivity contribution in [2.45, 2.75) is 45.3 Å². The third kappa shape index (κ3) is 3.53. The highest BCUT2D eigenvalue weighted by Gasteiger charge is 2.60. The Hall–Kier alpha value is -3.44. The zero-order valence-electron chi connectivity index (χ0n) is 19.4. The topological polar surface area (TPSA) is 49.9 Å². The number of amides is 2. The van der Waals surface area contributed by atoms with Crippen molar-refractivity contribution in [1.82, 2.24) is 0 Å². The van der Waals surface area contributed by atoms with E-state index in [1.54, 1.807) is 5.06 Å². The van der Waals surface area contributed by atoms with E-state index in [1.165, 1.54) is 10.5 Å². The lowest BCUT2D eigenvalue weighted by Gasteiger charge is -2.29. The van der Waals surface area contributed by atoms with Gasteiger partial charge in [-0.25, -0.2) is 9.96 Å². The van der Waals surface area contributed by atoms with Gasteiger partial charge in [0, 0.05) is 0 Å². The molecule has 3 atom stereocenters. The molecule has 2 fully saturated rings. The maximum absolute atomic E-state index is 13.7. The van der Waals surface area contributed by atoms with Gasteiger partial charge in [0.2, 0.25) is 5.91 Å². The molecular weight excluding hydrogens is 412 g/mol. The standard InChI is InChI=1S/C28H28N2O3/c1-18-10-8-9-13-22(18)29-26(31)23-24(19-14-16-20(17-15-19)28(2,3)4)30(33-25(23)27(29)32)21-11-6-5-7-12-21/h5-17,23-25H,1-4H3/t23-,24+,25+/m1/s1. The molecule has 2 aliphatic rings. The number of hydroxylamine groups is 1. The Morgan fingerprint density at radius 2 is 1.42 bits per heavy atom. The largest absolute Gasteiger partial charge is 0.273 e. The van der Waals surface area contributed by atoms with Crippen molar-refractivity contribution in [2.24, 2.45) is 5.92 Å². The summed E-state index contributed by atoms with van der Waals surface area (Å²) in [4.78, 5) is 34.7. The van der Waals surface area contributed by atoms with Crippen LogP contribution in [0.4, 0.5) is 11.4 Å². The molecule has 5 nitrogen and oxygen atoms in total. The molecule has 0 aromatic heterocycles. The number of fused-ring (bicyclic) bond motifs is 1. The van der Waals surface area contributed by atoms with Crippen LogP contribution in [-0.4, -0.2) is 17.9 Å². The van der Waals surface area contributed by atoms with E-state index in [2.05, 4.69) is 45.0 Å². The molecule has 0 radical (unpaired) electrons. The maximum Gasteiger partial charge on any atom is 0.266 e. The number of imide groups is 1. The summed E-state index contributed by atoms with van der Waals surface area (Å²) >= 11 is 0. The molecule has 3 aromatic carbocycles. The second-order valence-corrected chi connectivity index (χ2v) is 9.83. The lowest BCUT2D eigenvalue weighted by molar-refractivity contribution is -0.126. The summed E-state index contributed by atoms with van der Waals surface area (Å²) < 4.78 is 0. The van der Waals surface area contributed by atoms with E-state index in [0.29, 0.717) is 5.69 Å². The van der Waals surface area contributed by atoms with Crippen molar-refractivity contribution in [3.05, 3.63) is 95.6 Å². The fraction of sp³-hybridized carbons (Fsp3) is 0.286. The molecule has 2 heterocycles. The fourth-order valence-electron chi connectivity index (χ4n) is 4.78. The molecule has 0 unspecified atom stereocenters. The molecule has 3 aromatic rings. The van der Waals surface area contributed by atoms with Crippen molar-refractivity contribution in [3.8, 4) is 0 Å². The van der Waals surface area contributed by atoms with Gasteiger partial charge in [-0.1, -0.05) is 81.4 Å². The summed E-state index contributed by atoms with van der Waals surface area (Å²) in [5.41, 5.74) is 4.51. The first-order valence-corrected chi connectivity index (χ1v) is 11.3. The van der Waals surface area contributed by atoms with Crippen molar-refractivity contribution in [2.75, 3.05) is 9.96 Å². The highest BCUT2D eigenvalue weighted by atomic mass is 16.7. The molecule has 2 aliphatic heterocycles. The molecule has 168 valence electrons. The monoisotopic (exact) mass is 440 g/mol. The first-order valence-electron chi connectivity index (χ1n) is 11.3. The molecule has 0 saturated carbocycles. The van der Waals surface area contributed by atoms with Gasteiger partial charge in [0.15, 0.2) is 6.10 Å². The van der Waals surface area contributed by atoms with Gasteiger partial charge in [-0.3, -0.25) is 14.4 Å². The first kappa shape index (κ1) is 21.4. The predicted molar refractivity (Wildman–Crippen MR) is 129 cm³/mol. The Bertz CT molecular complexity index is 1200. The van der Waals surface area contributed by atoms with Crippen LogP contribution in [0.15, 0.2) is 78.9 Å². The summed E-state index contributed by atoms with van der Waals surface area (Å²) in [7, 11) is 0. The molecule has 0 aliphatic carbocycles. The zero-order valence-corrected chi connectivity index (χ0v) is 19.4. The Morgan fingerprint density at radius 3 is 2.06 bits per heavy atom. The van der Waals surface area contributed by atoms with Crippen LogP contribution in [0.25, 0.3) is 0 Å². The minimum Gasteiger partial charge on any atom is -0.273 e. The lowest BCUT2D eigenvalue weighted by Crippen LogP contribution is -2.37. The Morgan fingerprint density at radius 1 is 0.788 bits per heavy atom. The van der Waals surface area contributed by atoms with E-state index in [4.69, 9.17) is 4.84 Å². The third-order valence-corrected chi connectivity index (χ3v) is 6.60. The average Bonchev–Trinajstić information content (AvgIpc) is 3.31. The van der Waals surface area contributed by atoms with Gasteiger partial charge >= 0.3 is 0 Å². The number of nitrogens with zero attached hydrogens (tertiary/aromatic N) is 2. The number of rotatable bonds is 3. The van der Waals surface area contributed by atoms with Crippen molar-refractivity contribution >= 4 is 23.2 Å². The number of hydrogen-bond donors (Lipinski definition) is 0. The first-order chi connectivity index (χ1) is 15.8. The number of anilines is 2. The van der Waals surface area contributed by atoms with Crippen LogP contribution >= 0.6 is 0 Å². The SMILES string of the molecule is Cc1ccccc1N1C(=O)[C@H]2[C@H](ON(c3ccccc3)[C@H]2c2ccc(C(C)(C)C)cc2)C1=O. The highest BCUT2D eigenvalue weighted by Crippen LogP contribution is 2.48. The number of hydrogen-bond acceptors (Lipinski definition) is 4. The smallest absolute Gasteiger partial charge is 0.266 e. The molecule has 0 N–H and O–H groups in total. The van der Waals surface area contributed by atoms with Crippen LogP contribution in [0.3, 0.4) is 0 Å². The van der Waals surface area contributed by atoms with Crippen LogP contribution < -0.4 is 9.96 Å². The maximum atomic E-state index is 13.7. The summed E-state index contributed by atoms with van der Waals surface area (Å²) in [5, 5.41) is 1.74. The summed E-state index contributed by atoms with van der Waals surface area (Å²) in [6.45, 7) is 8.43. The van der Waals surface area contributed by atoms with Crippen LogP contribution in [0.5, 0.6) is 0 Å².